The molecule has 0 saturated carbocycles. The fourth-order valence-electron chi connectivity index (χ4n) is 3.33. The summed E-state index contributed by atoms with van der Waals surface area (Å²) in [5.41, 5.74) is 1.17. The van der Waals surface area contributed by atoms with E-state index in [1.165, 1.54) is 5.56 Å². The Morgan fingerprint density at radius 3 is 2.53 bits per heavy atom. The van der Waals surface area contributed by atoms with Crippen LogP contribution in [0.3, 0.4) is 0 Å². The Hall–Kier alpha value is -2.48. The number of carbonyl (C=O) groups is 1. The Balaban J connectivity index is 1.94. The molecule has 0 bridgehead atoms. The number of unbranched alkanes of at least 4 members (excludes halogenated alkanes) is 1. The van der Waals surface area contributed by atoms with E-state index in [1.54, 1.807) is 33.2 Å². The molecule has 1 aliphatic rings. The number of aliphatic imine (C=N–C) groups is 1. The first-order chi connectivity index (χ1) is 14.4. The normalized spacial score (nSPS) is 17.0. The minimum absolute atomic E-state index is 0.00777. The highest BCUT2D eigenvalue weighted by Gasteiger charge is 2.23. The van der Waals surface area contributed by atoms with Gasteiger partial charge in [0.05, 0.1) is 14.2 Å². The van der Waals surface area contributed by atoms with Crippen LogP contribution in [0.2, 0.25) is 0 Å². The van der Waals surface area contributed by atoms with Gasteiger partial charge in [-0.15, -0.1) is 0 Å². The molecule has 1 amide bonds. The van der Waals surface area contributed by atoms with E-state index in [1.807, 2.05) is 6.07 Å². The number of guanidine groups is 1. The Morgan fingerprint density at radius 1 is 1.23 bits per heavy atom. The standard InChI is InChI=1S/C22H37N5O3/c1-6-7-9-23-22(24-14-21(28)26(2)3)25-18-8-10-27(16-18)15-17-11-19(29-4)13-20(12-17)30-5/h11-13,18H,6-10,14-16H2,1-5H3,(H2,23,24,25). The molecule has 1 heterocycles. The van der Waals surface area contributed by atoms with Crippen molar-refractivity contribution >= 4 is 11.9 Å². The van der Waals surface area contributed by atoms with Crippen LogP contribution in [-0.4, -0.2) is 82.2 Å². The van der Waals surface area contributed by atoms with Gasteiger partial charge in [-0.3, -0.25) is 9.69 Å². The molecule has 0 aliphatic carbocycles. The summed E-state index contributed by atoms with van der Waals surface area (Å²) in [5, 5.41) is 6.86. The summed E-state index contributed by atoms with van der Waals surface area (Å²) in [6.45, 7) is 5.89. The SMILES string of the molecule is CCCCNC(=NCC(=O)N(C)C)NC1CCN(Cc2cc(OC)cc(OC)c2)C1. The maximum atomic E-state index is 11.9. The maximum Gasteiger partial charge on any atom is 0.243 e. The number of rotatable bonds is 10. The highest BCUT2D eigenvalue weighted by Crippen LogP contribution is 2.24. The molecule has 1 aromatic rings. The average molecular weight is 420 g/mol. The maximum absolute atomic E-state index is 11.9. The summed E-state index contributed by atoms with van der Waals surface area (Å²) in [4.78, 5) is 20.4. The van der Waals surface area contributed by atoms with Crippen molar-refractivity contribution in [3.8, 4) is 11.5 Å². The van der Waals surface area contributed by atoms with Crippen LogP contribution < -0.4 is 20.1 Å². The lowest BCUT2D eigenvalue weighted by molar-refractivity contribution is -0.127. The largest absolute Gasteiger partial charge is 0.497 e. The van der Waals surface area contributed by atoms with Crippen LogP contribution in [0.15, 0.2) is 23.2 Å². The van der Waals surface area contributed by atoms with Gasteiger partial charge in [0.15, 0.2) is 5.96 Å². The second-order valence-electron chi connectivity index (χ2n) is 7.82. The van der Waals surface area contributed by atoms with E-state index in [0.29, 0.717) is 12.0 Å². The van der Waals surface area contributed by atoms with Gasteiger partial charge in [0.25, 0.3) is 0 Å². The monoisotopic (exact) mass is 419 g/mol. The van der Waals surface area contributed by atoms with E-state index in [2.05, 4.69) is 39.6 Å². The van der Waals surface area contributed by atoms with Gasteiger partial charge in [0.2, 0.25) is 5.91 Å². The van der Waals surface area contributed by atoms with Crippen molar-refractivity contribution in [1.29, 1.82) is 0 Å². The van der Waals surface area contributed by atoms with Gasteiger partial charge in [-0.25, -0.2) is 4.99 Å². The molecule has 1 fully saturated rings. The van der Waals surface area contributed by atoms with E-state index in [-0.39, 0.29) is 12.5 Å². The lowest BCUT2D eigenvalue weighted by atomic mass is 10.2. The molecular formula is C22H37N5O3. The third-order valence-electron chi connectivity index (χ3n) is 5.12. The number of likely N-dealkylation sites (tertiary alicyclic amines) is 1. The van der Waals surface area contributed by atoms with Crippen molar-refractivity contribution in [3.05, 3.63) is 23.8 Å². The van der Waals surface area contributed by atoms with Gasteiger partial charge < -0.3 is 25.0 Å². The van der Waals surface area contributed by atoms with Gasteiger partial charge in [-0.1, -0.05) is 13.3 Å². The van der Waals surface area contributed by atoms with Gasteiger partial charge in [-0.05, 0) is 30.5 Å². The molecule has 2 N–H and O–H groups in total. The van der Waals surface area contributed by atoms with Gasteiger partial charge >= 0.3 is 0 Å². The molecule has 1 saturated heterocycles. The molecular weight excluding hydrogens is 382 g/mol. The third-order valence-corrected chi connectivity index (χ3v) is 5.12. The van der Waals surface area contributed by atoms with Crippen LogP contribution in [0.25, 0.3) is 0 Å². The zero-order valence-corrected chi connectivity index (χ0v) is 19.0. The Labute approximate surface area is 180 Å². The van der Waals surface area contributed by atoms with Crippen molar-refractivity contribution in [1.82, 2.24) is 20.4 Å². The Morgan fingerprint density at radius 2 is 1.93 bits per heavy atom. The number of nitrogens with one attached hydrogen (secondary N) is 2. The molecule has 2 rings (SSSR count). The molecule has 1 aliphatic heterocycles. The van der Waals surface area contributed by atoms with Crippen molar-refractivity contribution < 1.29 is 14.3 Å². The molecule has 8 heteroatoms. The lowest BCUT2D eigenvalue weighted by Gasteiger charge is -2.20. The van der Waals surface area contributed by atoms with Gasteiger partial charge in [-0.2, -0.15) is 0 Å². The number of methoxy groups -OCH3 is 2. The van der Waals surface area contributed by atoms with E-state index in [4.69, 9.17) is 9.47 Å². The molecule has 0 aromatic heterocycles. The van der Waals surface area contributed by atoms with E-state index in [0.717, 1.165) is 56.9 Å². The molecule has 0 spiro atoms. The van der Waals surface area contributed by atoms with Crippen LogP contribution in [0.4, 0.5) is 0 Å². The summed E-state index contributed by atoms with van der Waals surface area (Å²) in [6.07, 6.45) is 3.20. The smallest absolute Gasteiger partial charge is 0.243 e. The number of carbonyl (C=O) groups excluding carboxylic acids is 1. The van der Waals surface area contributed by atoms with Crippen molar-refractivity contribution in [2.75, 3.05) is 54.5 Å². The van der Waals surface area contributed by atoms with Gasteiger partial charge in [0, 0.05) is 52.4 Å². The number of ether oxygens (including phenoxy) is 2. The summed E-state index contributed by atoms with van der Waals surface area (Å²) < 4.78 is 10.8. The molecule has 1 aromatic carbocycles. The molecule has 8 nitrogen and oxygen atoms in total. The van der Waals surface area contributed by atoms with E-state index in [9.17, 15) is 4.79 Å². The van der Waals surface area contributed by atoms with Crippen LogP contribution >= 0.6 is 0 Å². The molecule has 30 heavy (non-hydrogen) atoms. The quantitative estimate of drug-likeness (QED) is 0.341. The number of benzene rings is 1. The van der Waals surface area contributed by atoms with E-state index >= 15 is 0 Å². The highest BCUT2D eigenvalue weighted by molar-refractivity contribution is 5.84. The fraction of sp³-hybridized carbons (Fsp3) is 0.636. The Kier molecular flexibility index (Phi) is 9.73. The summed E-state index contributed by atoms with van der Waals surface area (Å²) in [5.74, 6) is 2.32. The van der Waals surface area contributed by atoms with Crippen molar-refractivity contribution in [2.45, 2.75) is 38.8 Å². The zero-order chi connectivity index (χ0) is 21.9. The Bertz CT molecular complexity index is 686. The predicted molar refractivity (Wildman–Crippen MR) is 120 cm³/mol. The molecule has 1 unspecified atom stereocenters. The average Bonchev–Trinajstić information content (AvgIpc) is 3.17. The highest BCUT2D eigenvalue weighted by atomic mass is 16.5. The fourth-order valence-corrected chi connectivity index (χ4v) is 3.33. The van der Waals surface area contributed by atoms with Crippen LogP contribution in [0.5, 0.6) is 11.5 Å². The number of likely N-dealkylation sites (N-methyl/N-ethyl adjacent to an activating group) is 1. The number of hydrogen-bond acceptors (Lipinski definition) is 5. The predicted octanol–water partition coefficient (Wildman–Crippen LogP) is 1.70. The minimum atomic E-state index is -0.00777. The number of nitrogens with zero attached hydrogens (tertiary/aromatic N) is 3. The minimum Gasteiger partial charge on any atom is -0.497 e. The first kappa shape index (κ1) is 23.8. The van der Waals surface area contributed by atoms with Crippen molar-refractivity contribution in [3.63, 3.8) is 0 Å². The number of hydrogen-bond donors (Lipinski definition) is 2. The second kappa shape index (κ2) is 12.3. The number of amides is 1. The third kappa shape index (κ3) is 7.74. The summed E-state index contributed by atoms with van der Waals surface area (Å²) >= 11 is 0. The molecule has 0 radical (unpaired) electrons. The van der Waals surface area contributed by atoms with Crippen molar-refractivity contribution in [2.24, 2.45) is 4.99 Å². The first-order valence-electron chi connectivity index (χ1n) is 10.6. The van der Waals surface area contributed by atoms with Crippen LogP contribution in [0.1, 0.15) is 31.7 Å². The van der Waals surface area contributed by atoms with Crippen LogP contribution in [0, 0.1) is 0 Å². The summed E-state index contributed by atoms with van der Waals surface area (Å²) in [6, 6.07) is 6.28. The second-order valence-corrected chi connectivity index (χ2v) is 7.82. The van der Waals surface area contributed by atoms with Crippen LogP contribution in [-0.2, 0) is 11.3 Å². The summed E-state index contributed by atoms with van der Waals surface area (Å²) in [7, 11) is 6.83. The molecule has 168 valence electrons. The van der Waals surface area contributed by atoms with E-state index < -0.39 is 0 Å². The first-order valence-corrected chi connectivity index (χ1v) is 10.6. The molecule has 1 atom stereocenters. The van der Waals surface area contributed by atoms with Gasteiger partial charge in [0.1, 0.15) is 18.0 Å². The zero-order valence-electron chi connectivity index (χ0n) is 19.0. The lowest BCUT2D eigenvalue weighted by Crippen LogP contribution is -2.45. The topological polar surface area (TPSA) is 78.4 Å².